The molecule has 0 spiro atoms. The third kappa shape index (κ3) is 5.26. The van der Waals surface area contributed by atoms with Crippen LogP contribution in [0.2, 0.25) is 10.0 Å². The predicted molar refractivity (Wildman–Crippen MR) is 113 cm³/mol. The number of aryl methyl sites for hydroxylation is 1. The summed E-state index contributed by atoms with van der Waals surface area (Å²) in [6.07, 6.45) is 1.31. The summed E-state index contributed by atoms with van der Waals surface area (Å²) in [6.45, 7) is 2.49. The molecule has 1 aliphatic heterocycles. The van der Waals surface area contributed by atoms with Crippen molar-refractivity contribution in [3.05, 3.63) is 63.6 Å². The Balaban J connectivity index is 1.67. The van der Waals surface area contributed by atoms with Crippen molar-refractivity contribution in [3.63, 3.8) is 0 Å². The van der Waals surface area contributed by atoms with E-state index in [1.807, 2.05) is 6.92 Å². The van der Waals surface area contributed by atoms with Gasteiger partial charge in [0.15, 0.2) is 0 Å². The van der Waals surface area contributed by atoms with E-state index in [1.54, 1.807) is 42.5 Å². The number of anilines is 1. The standard InChI is InChI=1S/C20H22Cl2N2O3S/c1-14-11-18(22)8-9-19(14)23-20(25)16-3-2-10-24(12-16)28(26,27)13-15-4-6-17(21)7-5-15/h4-9,11,16H,2-3,10,12-13H2,1H3,(H,23,25)/t16-/m1/s1. The van der Waals surface area contributed by atoms with E-state index < -0.39 is 10.0 Å². The lowest BCUT2D eigenvalue weighted by Crippen LogP contribution is -2.44. The van der Waals surface area contributed by atoms with Crippen molar-refractivity contribution >= 4 is 44.8 Å². The molecule has 0 saturated carbocycles. The molecule has 1 aliphatic rings. The van der Waals surface area contributed by atoms with Gasteiger partial charge in [-0.05, 0) is 61.2 Å². The normalized spacial score (nSPS) is 18.0. The highest BCUT2D eigenvalue weighted by Crippen LogP contribution is 2.25. The lowest BCUT2D eigenvalue weighted by atomic mass is 9.98. The van der Waals surface area contributed by atoms with Gasteiger partial charge in [0.2, 0.25) is 15.9 Å². The summed E-state index contributed by atoms with van der Waals surface area (Å²) in [5.41, 5.74) is 2.23. The Morgan fingerprint density at radius 2 is 1.82 bits per heavy atom. The Morgan fingerprint density at radius 3 is 2.50 bits per heavy atom. The Bertz CT molecular complexity index is 962. The first-order valence-electron chi connectivity index (χ1n) is 9.04. The van der Waals surface area contributed by atoms with Gasteiger partial charge in [0.05, 0.1) is 11.7 Å². The zero-order valence-electron chi connectivity index (χ0n) is 15.5. The highest BCUT2D eigenvalue weighted by Gasteiger charge is 2.32. The molecule has 0 unspecified atom stereocenters. The number of piperidine rings is 1. The summed E-state index contributed by atoms with van der Waals surface area (Å²) in [4.78, 5) is 12.7. The van der Waals surface area contributed by atoms with E-state index in [2.05, 4.69) is 5.32 Å². The summed E-state index contributed by atoms with van der Waals surface area (Å²) < 4.78 is 27.0. The van der Waals surface area contributed by atoms with Gasteiger partial charge in [-0.3, -0.25) is 4.79 Å². The van der Waals surface area contributed by atoms with Crippen LogP contribution in [0.15, 0.2) is 42.5 Å². The number of carbonyl (C=O) groups is 1. The monoisotopic (exact) mass is 440 g/mol. The first-order chi connectivity index (χ1) is 13.2. The van der Waals surface area contributed by atoms with Gasteiger partial charge in [-0.2, -0.15) is 0 Å². The summed E-state index contributed by atoms with van der Waals surface area (Å²) in [5, 5.41) is 4.07. The van der Waals surface area contributed by atoms with Crippen molar-refractivity contribution in [2.45, 2.75) is 25.5 Å². The molecule has 1 N–H and O–H groups in total. The first kappa shape index (κ1) is 21.1. The molecule has 2 aromatic carbocycles. The molecule has 2 aromatic rings. The van der Waals surface area contributed by atoms with Gasteiger partial charge in [-0.15, -0.1) is 0 Å². The second-order valence-corrected chi connectivity index (χ2v) is 9.87. The number of halogens is 2. The minimum Gasteiger partial charge on any atom is -0.326 e. The predicted octanol–water partition coefficient (Wildman–Crippen LogP) is 4.48. The zero-order chi connectivity index (χ0) is 20.3. The minimum absolute atomic E-state index is 0.102. The molecule has 1 saturated heterocycles. The van der Waals surface area contributed by atoms with E-state index in [0.717, 1.165) is 5.56 Å². The van der Waals surface area contributed by atoms with Crippen LogP contribution in [0.25, 0.3) is 0 Å². The zero-order valence-corrected chi connectivity index (χ0v) is 17.8. The Kier molecular flexibility index (Phi) is 6.65. The summed E-state index contributed by atoms with van der Waals surface area (Å²) in [7, 11) is -3.51. The SMILES string of the molecule is Cc1cc(Cl)ccc1NC(=O)[C@@H]1CCCN(S(=O)(=O)Cc2ccc(Cl)cc2)C1. The van der Waals surface area contributed by atoms with Crippen molar-refractivity contribution in [1.82, 2.24) is 4.31 Å². The number of sulfonamides is 1. The van der Waals surface area contributed by atoms with E-state index in [-0.39, 0.29) is 24.1 Å². The fourth-order valence-electron chi connectivity index (χ4n) is 3.29. The quantitative estimate of drug-likeness (QED) is 0.744. The van der Waals surface area contributed by atoms with E-state index in [0.29, 0.717) is 40.7 Å². The molecule has 8 heteroatoms. The maximum Gasteiger partial charge on any atom is 0.228 e. The van der Waals surface area contributed by atoms with Crippen molar-refractivity contribution in [3.8, 4) is 0 Å². The van der Waals surface area contributed by atoms with Crippen molar-refractivity contribution in [2.24, 2.45) is 5.92 Å². The number of nitrogens with zero attached hydrogens (tertiary/aromatic N) is 1. The van der Waals surface area contributed by atoms with E-state index in [4.69, 9.17) is 23.2 Å². The summed E-state index contributed by atoms with van der Waals surface area (Å²) >= 11 is 11.8. The second kappa shape index (κ2) is 8.82. The van der Waals surface area contributed by atoms with Gasteiger partial charge < -0.3 is 5.32 Å². The van der Waals surface area contributed by atoms with Gasteiger partial charge >= 0.3 is 0 Å². The van der Waals surface area contributed by atoms with Gasteiger partial charge in [0, 0.05) is 28.8 Å². The van der Waals surface area contributed by atoms with Crippen LogP contribution >= 0.6 is 23.2 Å². The molecule has 1 fully saturated rings. The fraction of sp³-hybridized carbons (Fsp3) is 0.350. The Hall–Kier alpha value is -1.60. The summed E-state index contributed by atoms with van der Waals surface area (Å²) in [6, 6.07) is 12.0. The van der Waals surface area contributed by atoms with Crippen LogP contribution < -0.4 is 5.32 Å². The topological polar surface area (TPSA) is 66.5 Å². The average molecular weight is 441 g/mol. The highest BCUT2D eigenvalue weighted by atomic mass is 35.5. The van der Waals surface area contributed by atoms with Crippen LogP contribution in [-0.4, -0.2) is 31.7 Å². The van der Waals surface area contributed by atoms with Gasteiger partial charge in [-0.1, -0.05) is 35.3 Å². The first-order valence-corrected chi connectivity index (χ1v) is 11.4. The Morgan fingerprint density at radius 1 is 1.14 bits per heavy atom. The molecule has 0 radical (unpaired) electrons. The molecule has 0 aliphatic carbocycles. The second-order valence-electron chi connectivity index (χ2n) is 7.03. The van der Waals surface area contributed by atoms with Crippen molar-refractivity contribution in [1.29, 1.82) is 0 Å². The van der Waals surface area contributed by atoms with Crippen LogP contribution in [0.3, 0.4) is 0 Å². The number of hydrogen-bond acceptors (Lipinski definition) is 3. The van der Waals surface area contributed by atoms with Crippen LogP contribution in [-0.2, 0) is 20.6 Å². The highest BCUT2D eigenvalue weighted by molar-refractivity contribution is 7.88. The Labute approximate surface area is 175 Å². The molecule has 28 heavy (non-hydrogen) atoms. The molecule has 5 nitrogen and oxygen atoms in total. The van der Waals surface area contributed by atoms with Crippen LogP contribution in [0.1, 0.15) is 24.0 Å². The molecular weight excluding hydrogens is 419 g/mol. The molecular formula is C20H22Cl2N2O3S. The third-order valence-electron chi connectivity index (χ3n) is 4.86. The number of carbonyl (C=O) groups excluding carboxylic acids is 1. The molecule has 1 heterocycles. The maximum atomic E-state index is 12.8. The van der Waals surface area contributed by atoms with Crippen LogP contribution in [0.4, 0.5) is 5.69 Å². The fourth-order valence-corrected chi connectivity index (χ4v) is 5.26. The molecule has 1 atom stereocenters. The molecule has 0 bridgehead atoms. The largest absolute Gasteiger partial charge is 0.326 e. The smallest absolute Gasteiger partial charge is 0.228 e. The van der Waals surface area contributed by atoms with Crippen LogP contribution in [0.5, 0.6) is 0 Å². The van der Waals surface area contributed by atoms with Gasteiger partial charge in [-0.25, -0.2) is 12.7 Å². The number of amides is 1. The van der Waals surface area contributed by atoms with Crippen molar-refractivity contribution in [2.75, 3.05) is 18.4 Å². The number of hydrogen-bond donors (Lipinski definition) is 1. The van der Waals surface area contributed by atoms with E-state index in [1.165, 1.54) is 4.31 Å². The molecule has 3 rings (SSSR count). The lowest BCUT2D eigenvalue weighted by Gasteiger charge is -2.31. The van der Waals surface area contributed by atoms with E-state index >= 15 is 0 Å². The molecule has 150 valence electrons. The lowest BCUT2D eigenvalue weighted by molar-refractivity contribution is -0.120. The van der Waals surface area contributed by atoms with Gasteiger partial charge in [0.25, 0.3) is 0 Å². The number of nitrogens with one attached hydrogen (secondary N) is 1. The average Bonchev–Trinajstić information content (AvgIpc) is 2.66. The molecule has 0 aromatic heterocycles. The van der Waals surface area contributed by atoms with Crippen molar-refractivity contribution < 1.29 is 13.2 Å². The summed E-state index contributed by atoms with van der Waals surface area (Å²) in [5.74, 6) is -0.657. The third-order valence-corrected chi connectivity index (χ3v) is 7.16. The maximum absolute atomic E-state index is 12.8. The molecule has 1 amide bonds. The number of rotatable bonds is 5. The van der Waals surface area contributed by atoms with Gasteiger partial charge in [0.1, 0.15) is 0 Å². The van der Waals surface area contributed by atoms with Crippen LogP contribution in [0, 0.1) is 12.8 Å². The van der Waals surface area contributed by atoms with E-state index in [9.17, 15) is 13.2 Å². The minimum atomic E-state index is -3.51. The number of benzene rings is 2.